The van der Waals surface area contributed by atoms with Gasteiger partial charge in [-0.3, -0.25) is 4.79 Å². The van der Waals surface area contributed by atoms with Crippen LogP contribution in [0.1, 0.15) is 41.3 Å². The van der Waals surface area contributed by atoms with Gasteiger partial charge in [-0.15, -0.1) is 0 Å². The average molecular weight is 442 g/mol. The summed E-state index contributed by atoms with van der Waals surface area (Å²) in [6, 6.07) is 20.4. The molecule has 3 aromatic carbocycles. The lowest BCUT2D eigenvalue weighted by Crippen LogP contribution is -2.17. The first-order valence-electron chi connectivity index (χ1n) is 11.0. The average Bonchev–Trinajstić information content (AvgIpc) is 3.20. The summed E-state index contributed by atoms with van der Waals surface area (Å²) < 4.78 is 5.29. The van der Waals surface area contributed by atoms with E-state index in [0.29, 0.717) is 5.56 Å². The van der Waals surface area contributed by atoms with E-state index in [9.17, 15) is 9.90 Å². The minimum atomic E-state index is -0.392. The lowest BCUT2D eigenvalue weighted by Gasteiger charge is -2.04. The van der Waals surface area contributed by atoms with Gasteiger partial charge >= 0.3 is 0 Å². The molecule has 3 N–H and O–H groups in total. The number of aromatic amines is 1. The zero-order valence-electron chi connectivity index (χ0n) is 18.8. The van der Waals surface area contributed by atoms with Crippen molar-refractivity contribution in [2.45, 2.75) is 26.2 Å². The van der Waals surface area contributed by atoms with E-state index in [-0.39, 0.29) is 5.75 Å². The first-order chi connectivity index (χ1) is 16.1. The predicted molar refractivity (Wildman–Crippen MR) is 132 cm³/mol. The molecule has 0 saturated heterocycles. The second kappa shape index (κ2) is 10.0. The predicted octanol–water partition coefficient (Wildman–Crippen LogP) is 5.66. The third kappa shape index (κ3) is 5.06. The number of benzene rings is 3. The Morgan fingerprint density at radius 3 is 2.67 bits per heavy atom. The standard InChI is InChI=1S/C27H27N3O3/c1-3-4-6-18-9-14-25-23(15-18)24(26(29-25)19-10-12-22(33-2)13-11-19)17-28-30-27(32)20-7-5-8-21(31)16-20/h5,7-17,29,31H,3-4,6H2,1-2H3,(H,30,32). The molecule has 6 heteroatoms. The van der Waals surface area contributed by atoms with Gasteiger partial charge in [0.05, 0.1) is 19.0 Å². The molecule has 0 aliphatic rings. The van der Waals surface area contributed by atoms with Crippen molar-refractivity contribution in [1.29, 1.82) is 0 Å². The SMILES string of the molecule is CCCCc1ccc2[nH]c(-c3ccc(OC)cc3)c(C=NNC(=O)c3cccc(O)c3)c2c1. The number of unbranched alkanes of at least 4 members (excludes halogenated alkanes) is 1. The normalized spacial score (nSPS) is 11.2. The molecule has 6 nitrogen and oxygen atoms in total. The van der Waals surface area contributed by atoms with Crippen molar-refractivity contribution < 1.29 is 14.6 Å². The van der Waals surface area contributed by atoms with Crippen LogP contribution in [0.3, 0.4) is 0 Å². The molecular weight excluding hydrogens is 414 g/mol. The number of phenols is 1. The Morgan fingerprint density at radius 2 is 1.94 bits per heavy atom. The number of hydrogen-bond acceptors (Lipinski definition) is 4. The molecule has 4 rings (SSSR count). The fourth-order valence-corrected chi connectivity index (χ4v) is 3.78. The lowest BCUT2D eigenvalue weighted by atomic mass is 10.0. The van der Waals surface area contributed by atoms with Crippen molar-refractivity contribution in [1.82, 2.24) is 10.4 Å². The van der Waals surface area contributed by atoms with E-state index in [1.165, 1.54) is 17.7 Å². The first kappa shape index (κ1) is 22.1. The Hall–Kier alpha value is -4.06. The van der Waals surface area contributed by atoms with Gasteiger partial charge in [0.1, 0.15) is 11.5 Å². The van der Waals surface area contributed by atoms with Gasteiger partial charge < -0.3 is 14.8 Å². The smallest absolute Gasteiger partial charge is 0.271 e. The molecule has 1 heterocycles. The molecule has 0 radical (unpaired) electrons. The minimum Gasteiger partial charge on any atom is -0.508 e. The van der Waals surface area contributed by atoms with Crippen molar-refractivity contribution in [3.8, 4) is 22.8 Å². The maximum absolute atomic E-state index is 12.4. The monoisotopic (exact) mass is 441 g/mol. The molecule has 33 heavy (non-hydrogen) atoms. The number of aryl methyl sites for hydroxylation is 1. The Balaban J connectivity index is 1.70. The summed E-state index contributed by atoms with van der Waals surface area (Å²) in [5, 5.41) is 14.9. The molecule has 0 saturated carbocycles. The number of nitrogens with zero attached hydrogens (tertiary/aromatic N) is 1. The van der Waals surface area contributed by atoms with Crippen LogP contribution >= 0.6 is 0 Å². The number of aromatic nitrogens is 1. The van der Waals surface area contributed by atoms with Crippen molar-refractivity contribution >= 4 is 23.0 Å². The zero-order chi connectivity index (χ0) is 23.2. The maximum atomic E-state index is 12.4. The molecule has 0 spiro atoms. The van der Waals surface area contributed by atoms with Crippen LogP contribution in [-0.2, 0) is 6.42 Å². The summed E-state index contributed by atoms with van der Waals surface area (Å²) in [5.74, 6) is 0.423. The molecule has 0 aliphatic carbocycles. The van der Waals surface area contributed by atoms with E-state index in [0.717, 1.165) is 52.7 Å². The van der Waals surface area contributed by atoms with Gasteiger partial charge in [-0.2, -0.15) is 5.10 Å². The van der Waals surface area contributed by atoms with Crippen molar-refractivity contribution in [2.24, 2.45) is 5.10 Å². The van der Waals surface area contributed by atoms with Crippen LogP contribution in [0.25, 0.3) is 22.2 Å². The van der Waals surface area contributed by atoms with E-state index >= 15 is 0 Å². The molecule has 0 fully saturated rings. The van der Waals surface area contributed by atoms with E-state index in [4.69, 9.17) is 4.74 Å². The van der Waals surface area contributed by atoms with Crippen molar-refractivity contribution in [3.05, 3.63) is 83.4 Å². The fraction of sp³-hybridized carbons (Fsp3) is 0.185. The van der Waals surface area contributed by atoms with E-state index in [1.54, 1.807) is 25.5 Å². The number of fused-ring (bicyclic) bond motifs is 1. The van der Waals surface area contributed by atoms with Crippen LogP contribution < -0.4 is 10.2 Å². The zero-order valence-corrected chi connectivity index (χ0v) is 18.8. The second-order valence-electron chi connectivity index (χ2n) is 7.88. The summed E-state index contributed by atoms with van der Waals surface area (Å²) in [7, 11) is 1.64. The van der Waals surface area contributed by atoms with Gasteiger partial charge in [-0.1, -0.05) is 25.5 Å². The Bertz CT molecular complexity index is 1290. The highest BCUT2D eigenvalue weighted by molar-refractivity contribution is 6.06. The van der Waals surface area contributed by atoms with Crippen molar-refractivity contribution in [2.75, 3.05) is 7.11 Å². The molecule has 1 amide bonds. The number of H-pyrrole nitrogens is 1. The molecule has 1 aromatic heterocycles. The van der Waals surface area contributed by atoms with Crippen LogP contribution in [0.2, 0.25) is 0 Å². The molecule has 168 valence electrons. The first-order valence-corrected chi connectivity index (χ1v) is 11.0. The quantitative estimate of drug-likeness (QED) is 0.244. The summed E-state index contributed by atoms with van der Waals surface area (Å²) in [5.41, 5.74) is 7.96. The Kier molecular flexibility index (Phi) is 6.74. The highest BCUT2D eigenvalue weighted by Crippen LogP contribution is 2.31. The molecule has 0 bridgehead atoms. The van der Waals surface area contributed by atoms with Crippen LogP contribution in [0.4, 0.5) is 0 Å². The van der Waals surface area contributed by atoms with Crippen molar-refractivity contribution in [3.63, 3.8) is 0 Å². The van der Waals surface area contributed by atoms with Gasteiger partial charge in [0.2, 0.25) is 0 Å². The van der Waals surface area contributed by atoms with Crippen LogP contribution in [0.5, 0.6) is 11.5 Å². The number of ether oxygens (including phenoxy) is 1. The molecule has 0 atom stereocenters. The van der Waals surface area contributed by atoms with Crippen LogP contribution in [0.15, 0.2) is 71.8 Å². The third-order valence-electron chi connectivity index (χ3n) is 5.57. The number of methoxy groups -OCH3 is 1. The Morgan fingerprint density at radius 1 is 1.12 bits per heavy atom. The highest BCUT2D eigenvalue weighted by Gasteiger charge is 2.13. The van der Waals surface area contributed by atoms with Gasteiger partial charge in [0, 0.05) is 22.0 Å². The number of carbonyl (C=O) groups is 1. The lowest BCUT2D eigenvalue weighted by molar-refractivity contribution is 0.0954. The minimum absolute atomic E-state index is 0.0321. The number of nitrogens with one attached hydrogen (secondary N) is 2. The summed E-state index contributed by atoms with van der Waals surface area (Å²) in [6.07, 6.45) is 4.95. The Labute approximate surface area is 192 Å². The van der Waals surface area contributed by atoms with Gasteiger partial charge in [-0.05, 0) is 78.6 Å². The highest BCUT2D eigenvalue weighted by atomic mass is 16.5. The third-order valence-corrected chi connectivity index (χ3v) is 5.57. The molecule has 4 aromatic rings. The molecule has 0 unspecified atom stereocenters. The second-order valence-corrected chi connectivity index (χ2v) is 7.88. The summed E-state index contributed by atoms with van der Waals surface area (Å²) in [6.45, 7) is 2.18. The van der Waals surface area contributed by atoms with Gasteiger partial charge in [0.25, 0.3) is 5.91 Å². The van der Waals surface area contributed by atoms with Crippen LogP contribution in [-0.4, -0.2) is 29.3 Å². The number of aromatic hydroxyl groups is 1. The van der Waals surface area contributed by atoms with Gasteiger partial charge in [0.15, 0.2) is 0 Å². The number of hydrogen-bond donors (Lipinski definition) is 3. The number of phenolic OH excluding ortho intramolecular Hbond substituents is 1. The largest absolute Gasteiger partial charge is 0.508 e. The molecule has 0 aliphatic heterocycles. The number of hydrazone groups is 1. The summed E-state index contributed by atoms with van der Waals surface area (Å²) in [4.78, 5) is 15.9. The van der Waals surface area contributed by atoms with E-state index in [1.807, 2.05) is 24.3 Å². The fourth-order valence-electron chi connectivity index (χ4n) is 3.78. The van der Waals surface area contributed by atoms with Crippen LogP contribution in [0, 0.1) is 0 Å². The maximum Gasteiger partial charge on any atom is 0.271 e. The summed E-state index contributed by atoms with van der Waals surface area (Å²) >= 11 is 0. The topological polar surface area (TPSA) is 86.7 Å². The number of carbonyl (C=O) groups excluding carboxylic acids is 1. The molecular formula is C27H27N3O3. The van der Waals surface area contributed by atoms with E-state index in [2.05, 4.69) is 40.6 Å². The number of amides is 1. The van der Waals surface area contributed by atoms with E-state index < -0.39 is 5.91 Å². The van der Waals surface area contributed by atoms with Gasteiger partial charge in [-0.25, -0.2) is 5.43 Å². The number of rotatable bonds is 8.